The van der Waals surface area contributed by atoms with Gasteiger partial charge in [-0.25, -0.2) is 14.8 Å². The molecule has 4 rings (SSSR count). The minimum atomic E-state index is -1.93. The Labute approximate surface area is 301 Å². The number of rotatable bonds is 25. The Morgan fingerprint density at radius 3 is 2.14 bits per heavy atom. The van der Waals surface area contributed by atoms with E-state index >= 15 is 0 Å². The summed E-state index contributed by atoms with van der Waals surface area (Å²) in [7, 11) is -1.93. The molecular weight excluding hydrogens is 653 g/mol. The molecule has 0 amide bonds. The number of benzene rings is 1. The topological polar surface area (TPSA) is 157 Å². The summed E-state index contributed by atoms with van der Waals surface area (Å²) in [6, 6.07) is 13.8. The number of nitriles is 1. The molecule has 1 aliphatic heterocycles. The average molecular weight is 716 g/mol. The number of hydrogen-bond donors (Lipinski definition) is 3. The Bertz CT molecular complexity index is 1240. The van der Waals surface area contributed by atoms with Crippen molar-refractivity contribution in [2.45, 2.75) is 135 Å². The predicted molar refractivity (Wildman–Crippen MR) is 200 cm³/mol. The second kappa shape index (κ2) is 29.0. The molecule has 280 valence electrons. The van der Waals surface area contributed by atoms with Gasteiger partial charge >= 0.3 is 8.60 Å². The van der Waals surface area contributed by atoms with Crippen LogP contribution in [0.3, 0.4) is 0 Å². The lowest BCUT2D eigenvalue weighted by Gasteiger charge is -2.16. The smallest absolute Gasteiger partial charge is 0.329 e. The maximum Gasteiger partial charge on any atom is 0.329 e. The first-order chi connectivity index (χ1) is 24.6. The van der Waals surface area contributed by atoms with Crippen molar-refractivity contribution < 1.29 is 28.5 Å². The number of anilines is 1. The Morgan fingerprint density at radius 1 is 0.860 bits per heavy atom. The van der Waals surface area contributed by atoms with Gasteiger partial charge in [0.05, 0.1) is 31.6 Å². The van der Waals surface area contributed by atoms with Crippen LogP contribution in [0.4, 0.5) is 5.82 Å². The third-order valence-electron chi connectivity index (χ3n) is 8.58. The number of nitrogen functional groups attached to an aromatic ring is 1. The molecule has 0 radical (unpaired) electrons. The van der Waals surface area contributed by atoms with Gasteiger partial charge < -0.3 is 34.3 Å². The molecule has 4 N–H and O–H groups in total. The van der Waals surface area contributed by atoms with E-state index < -0.39 is 8.60 Å². The van der Waals surface area contributed by atoms with E-state index in [4.69, 9.17) is 34.6 Å². The van der Waals surface area contributed by atoms with Gasteiger partial charge in [-0.15, -0.1) is 0 Å². The number of ether oxygens (including phenoxy) is 2. The lowest BCUT2D eigenvalue weighted by atomic mass is 10.0. The Balaban J connectivity index is 0.000000390. The van der Waals surface area contributed by atoms with E-state index in [1.165, 1.54) is 89.8 Å². The van der Waals surface area contributed by atoms with Gasteiger partial charge in [-0.05, 0) is 43.4 Å². The van der Waals surface area contributed by atoms with Gasteiger partial charge in [0.25, 0.3) is 0 Å². The monoisotopic (exact) mass is 715 g/mol. The van der Waals surface area contributed by atoms with Crippen LogP contribution in [0.1, 0.15) is 133 Å². The van der Waals surface area contributed by atoms with Crippen LogP contribution in [0.25, 0.3) is 5.52 Å². The molecule has 3 atom stereocenters. The SMILES string of the molecule is C#N.CCCCCCCCCCCCCCCCO.Nc1ncnn2c(C3CCC(COP(O)OCCCOCc4ccccc4)O3)ccc12. The molecule has 3 heterocycles. The molecule has 1 aliphatic rings. The standard InChI is InChI=1S/C21H27N4O5P.C16H34O.CHN/c22-21-19-9-8-18(25(19)24-15-23-21)20-10-7-17(30-20)14-29-31(26)28-12-4-11-27-13-16-5-2-1-3-6-16;1-2-3-4-5-6-7-8-9-10-11-12-13-14-15-16-17;1-2/h1-3,5-6,8-9,15,17,20,26H,4,7,10-14H2,(H2,22,23,24);17H,2-16H2,1H3;1H. The third-order valence-corrected chi connectivity index (χ3v) is 9.35. The first-order valence-corrected chi connectivity index (χ1v) is 19.7. The Morgan fingerprint density at radius 2 is 1.50 bits per heavy atom. The molecule has 12 heteroatoms. The van der Waals surface area contributed by atoms with Crippen LogP contribution in [0.5, 0.6) is 0 Å². The predicted octanol–water partition coefficient (Wildman–Crippen LogP) is 8.99. The lowest BCUT2D eigenvalue weighted by molar-refractivity contribution is 0.00987. The summed E-state index contributed by atoms with van der Waals surface area (Å²) in [5, 5.41) is 19.4. The van der Waals surface area contributed by atoms with Crippen LogP contribution in [-0.4, -0.2) is 57.1 Å². The minimum Gasteiger partial charge on any atom is -0.396 e. The van der Waals surface area contributed by atoms with Gasteiger partial charge in [0.2, 0.25) is 0 Å². The van der Waals surface area contributed by atoms with Crippen molar-refractivity contribution in [1.29, 1.82) is 5.26 Å². The van der Waals surface area contributed by atoms with E-state index in [2.05, 4.69) is 23.6 Å². The molecule has 11 nitrogen and oxygen atoms in total. The normalized spacial score (nSPS) is 16.0. The molecular formula is C38H62N5O6P. The van der Waals surface area contributed by atoms with Crippen molar-refractivity contribution >= 4 is 19.9 Å². The first-order valence-electron chi connectivity index (χ1n) is 18.6. The maximum absolute atomic E-state index is 9.95. The summed E-state index contributed by atoms with van der Waals surface area (Å²) in [6.45, 7) is 7.94. The zero-order valence-corrected chi connectivity index (χ0v) is 31.1. The van der Waals surface area contributed by atoms with E-state index in [-0.39, 0.29) is 18.8 Å². The number of aliphatic hydroxyl groups is 1. The van der Waals surface area contributed by atoms with Crippen LogP contribution < -0.4 is 5.73 Å². The number of fused-ring (bicyclic) bond motifs is 1. The van der Waals surface area contributed by atoms with E-state index in [0.29, 0.717) is 38.7 Å². The van der Waals surface area contributed by atoms with Crippen molar-refractivity contribution in [3.8, 4) is 6.57 Å². The van der Waals surface area contributed by atoms with Crippen molar-refractivity contribution in [3.05, 3.63) is 60.0 Å². The lowest BCUT2D eigenvalue weighted by Crippen LogP contribution is -2.14. The highest BCUT2D eigenvalue weighted by Crippen LogP contribution is 2.38. The molecule has 2 aromatic heterocycles. The Kier molecular flexibility index (Phi) is 25.2. The van der Waals surface area contributed by atoms with E-state index in [1.54, 1.807) is 4.52 Å². The van der Waals surface area contributed by atoms with Crippen molar-refractivity contribution in [2.24, 2.45) is 0 Å². The summed E-state index contributed by atoms with van der Waals surface area (Å²) in [5.74, 6) is 0.438. The Hall–Kier alpha value is -2.68. The van der Waals surface area contributed by atoms with Crippen LogP contribution in [0.15, 0.2) is 48.8 Å². The van der Waals surface area contributed by atoms with Gasteiger partial charge in [0, 0.05) is 19.8 Å². The van der Waals surface area contributed by atoms with Crippen molar-refractivity contribution in [2.75, 3.05) is 32.2 Å². The molecule has 0 bridgehead atoms. The molecule has 0 spiro atoms. The highest BCUT2D eigenvalue weighted by Gasteiger charge is 2.30. The highest BCUT2D eigenvalue weighted by atomic mass is 31.2. The number of nitrogens with two attached hydrogens (primary N) is 1. The van der Waals surface area contributed by atoms with Gasteiger partial charge in [-0.3, -0.25) is 0 Å². The summed E-state index contributed by atoms with van der Waals surface area (Å²) in [5.41, 5.74) is 8.72. The summed E-state index contributed by atoms with van der Waals surface area (Å²) in [6.07, 6.45) is 22.8. The van der Waals surface area contributed by atoms with Crippen LogP contribution in [0, 0.1) is 11.8 Å². The number of aromatic nitrogens is 3. The fraction of sp³-hybridized carbons (Fsp3) is 0.658. The maximum atomic E-state index is 9.95. The van der Waals surface area contributed by atoms with E-state index in [1.807, 2.05) is 42.5 Å². The second-order valence-corrected chi connectivity index (χ2v) is 13.6. The number of hydrogen-bond acceptors (Lipinski definition) is 10. The molecule has 1 saturated heterocycles. The zero-order chi connectivity index (χ0) is 36.1. The molecule has 0 saturated carbocycles. The van der Waals surface area contributed by atoms with Crippen LogP contribution in [-0.2, 0) is 25.1 Å². The molecule has 50 heavy (non-hydrogen) atoms. The molecule has 0 aliphatic carbocycles. The van der Waals surface area contributed by atoms with E-state index in [0.717, 1.165) is 36.0 Å². The van der Waals surface area contributed by atoms with Gasteiger partial charge in [-0.2, -0.15) is 5.10 Å². The quantitative estimate of drug-likeness (QED) is 0.0571. The third kappa shape index (κ3) is 18.5. The summed E-state index contributed by atoms with van der Waals surface area (Å²) >= 11 is 0. The van der Waals surface area contributed by atoms with Crippen molar-refractivity contribution in [3.63, 3.8) is 0 Å². The van der Waals surface area contributed by atoms with Crippen LogP contribution >= 0.6 is 8.60 Å². The first kappa shape index (κ1) is 43.5. The molecule has 3 aromatic rings. The molecule has 1 fully saturated rings. The number of unbranched alkanes of at least 4 members (excludes halogenated alkanes) is 13. The van der Waals surface area contributed by atoms with Gasteiger partial charge in [0.1, 0.15) is 17.9 Å². The average Bonchev–Trinajstić information content (AvgIpc) is 3.80. The molecule has 1 aromatic carbocycles. The summed E-state index contributed by atoms with van der Waals surface area (Å²) in [4.78, 5) is 14.0. The largest absolute Gasteiger partial charge is 0.396 e. The summed E-state index contributed by atoms with van der Waals surface area (Å²) < 4.78 is 24.2. The highest BCUT2D eigenvalue weighted by molar-refractivity contribution is 7.40. The van der Waals surface area contributed by atoms with Crippen LogP contribution in [0.2, 0.25) is 0 Å². The van der Waals surface area contributed by atoms with Gasteiger partial charge in [-0.1, -0.05) is 121 Å². The van der Waals surface area contributed by atoms with Gasteiger partial charge in [0.15, 0.2) is 5.82 Å². The number of aliphatic hydroxyl groups excluding tert-OH is 1. The fourth-order valence-corrected chi connectivity index (χ4v) is 6.47. The second-order valence-electron chi connectivity index (χ2n) is 12.6. The van der Waals surface area contributed by atoms with Crippen molar-refractivity contribution in [1.82, 2.24) is 14.6 Å². The fourth-order valence-electron chi connectivity index (χ4n) is 5.82. The molecule has 3 unspecified atom stereocenters. The number of nitrogens with zero attached hydrogens (tertiary/aromatic N) is 4. The van der Waals surface area contributed by atoms with E-state index in [9.17, 15) is 4.89 Å². The minimum absolute atomic E-state index is 0.0991. The zero-order valence-electron chi connectivity index (χ0n) is 30.2.